The van der Waals surface area contributed by atoms with Gasteiger partial charge in [0.05, 0.1) is 18.6 Å². The van der Waals surface area contributed by atoms with Crippen molar-refractivity contribution in [1.29, 1.82) is 0 Å². The van der Waals surface area contributed by atoms with Gasteiger partial charge in [-0.3, -0.25) is 9.59 Å². The Balaban J connectivity index is 1.63. The lowest BCUT2D eigenvalue weighted by molar-refractivity contribution is -0.146. The van der Waals surface area contributed by atoms with E-state index in [1.54, 1.807) is 11.0 Å². The molecule has 0 radical (unpaired) electrons. The lowest BCUT2D eigenvalue weighted by atomic mass is 9.99. The van der Waals surface area contributed by atoms with Gasteiger partial charge in [-0.15, -0.1) is 0 Å². The van der Waals surface area contributed by atoms with Gasteiger partial charge < -0.3 is 15.0 Å². The Kier molecular flexibility index (Phi) is 4.12. The molecule has 0 spiro atoms. The number of halogens is 1. The van der Waals surface area contributed by atoms with Crippen molar-refractivity contribution in [2.75, 3.05) is 19.7 Å². The molecule has 0 aliphatic carbocycles. The summed E-state index contributed by atoms with van der Waals surface area (Å²) in [4.78, 5) is 25.5. The minimum absolute atomic E-state index is 0.0204. The van der Waals surface area contributed by atoms with Gasteiger partial charge >= 0.3 is 0 Å². The van der Waals surface area contributed by atoms with Crippen molar-refractivity contribution in [3.05, 3.63) is 34.9 Å². The van der Waals surface area contributed by atoms with E-state index in [0.717, 1.165) is 12.0 Å². The van der Waals surface area contributed by atoms with E-state index in [4.69, 9.17) is 16.3 Å². The van der Waals surface area contributed by atoms with E-state index in [2.05, 4.69) is 5.32 Å². The van der Waals surface area contributed by atoms with Crippen molar-refractivity contribution in [3.63, 3.8) is 0 Å². The first-order chi connectivity index (χ1) is 10.1. The largest absolute Gasteiger partial charge is 0.366 e. The highest BCUT2D eigenvalue weighted by Crippen LogP contribution is 2.20. The predicted octanol–water partition coefficient (Wildman–Crippen LogP) is 0.998. The van der Waals surface area contributed by atoms with E-state index in [1.807, 2.05) is 18.2 Å². The third-order valence-electron chi connectivity index (χ3n) is 3.98. The van der Waals surface area contributed by atoms with E-state index < -0.39 is 0 Å². The third-order valence-corrected chi connectivity index (χ3v) is 4.35. The quantitative estimate of drug-likeness (QED) is 0.887. The van der Waals surface area contributed by atoms with Gasteiger partial charge in [0, 0.05) is 18.1 Å². The van der Waals surface area contributed by atoms with Gasteiger partial charge in [-0.05, 0) is 18.1 Å². The van der Waals surface area contributed by atoms with Crippen molar-refractivity contribution in [1.82, 2.24) is 10.2 Å². The molecule has 0 unspecified atom stereocenters. The minimum Gasteiger partial charge on any atom is -0.366 e. The molecule has 0 bridgehead atoms. The molecule has 2 amide bonds. The Bertz CT molecular complexity index is 564. The van der Waals surface area contributed by atoms with Crippen LogP contribution in [0.3, 0.4) is 0 Å². The van der Waals surface area contributed by atoms with Gasteiger partial charge in [0.25, 0.3) is 0 Å². The molecule has 1 aromatic carbocycles. The van der Waals surface area contributed by atoms with Crippen LogP contribution in [0.5, 0.6) is 0 Å². The van der Waals surface area contributed by atoms with Gasteiger partial charge in [-0.1, -0.05) is 29.8 Å². The number of carbonyl (C=O) groups is 2. The maximum atomic E-state index is 12.4. The van der Waals surface area contributed by atoms with Crippen molar-refractivity contribution in [2.24, 2.45) is 0 Å². The Morgan fingerprint density at radius 3 is 3.05 bits per heavy atom. The highest BCUT2D eigenvalue weighted by molar-refractivity contribution is 6.31. The van der Waals surface area contributed by atoms with Crippen LogP contribution in [-0.4, -0.2) is 48.6 Å². The molecule has 0 aromatic heterocycles. The number of nitrogens with zero attached hydrogens (tertiary/aromatic N) is 1. The van der Waals surface area contributed by atoms with Gasteiger partial charge in [0.15, 0.2) is 0 Å². The molecule has 1 aromatic rings. The summed E-state index contributed by atoms with van der Waals surface area (Å²) < 4.78 is 5.49. The molecule has 112 valence electrons. The molecule has 3 rings (SSSR count). The second-order valence-corrected chi connectivity index (χ2v) is 5.83. The second-order valence-electron chi connectivity index (χ2n) is 5.42. The number of rotatable bonds is 2. The summed E-state index contributed by atoms with van der Waals surface area (Å²) in [6.45, 7) is 1.27. The van der Waals surface area contributed by atoms with Crippen molar-refractivity contribution in [2.45, 2.75) is 25.0 Å². The third kappa shape index (κ3) is 3.19. The second kappa shape index (κ2) is 6.03. The van der Waals surface area contributed by atoms with Crippen LogP contribution >= 0.6 is 11.6 Å². The molecule has 2 aliphatic rings. The molecular weight excluding hydrogens is 292 g/mol. The normalized spacial score (nSPS) is 25.2. The molecular formula is C15H17ClN2O3. The first kappa shape index (κ1) is 14.4. The fourth-order valence-corrected chi connectivity index (χ4v) is 3.05. The molecule has 2 atom stereocenters. The molecule has 1 N–H and O–H groups in total. The SMILES string of the molecule is O=C1CO[C@H]2CCN(C(=O)Cc3ccccc3Cl)C[C@H]2N1. The summed E-state index contributed by atoms with van der Waals surface area (Å²) in [5, 5.41) is 3.50. The summed E-state index contributed by atoms with van der Waals surface area (Å²) >= 11 is 6.09. The lowest BCUT2D eigenvalue weighted by Gasteiger charge is -2.41. The molecule has 2 heterocycles. The Morgan fingerprint density at radius 1 is 1.43 bits per heavy atom. The summed E-state index contributed by atoms with van der Waals surface area (Å²) in [6.07, 6.45) is 1.05. The van der Waals surface area contributed by atoms with Crippen LogP contribution in [0.2, 0.25) is 5.02 Å². The predicted molar refractivity (Wildman–Crippen MR) is 78.0 cm³/mol. The van der Waals surface area contributed by atoms with E-state index in [1.165, 1.54) is 0 Å². The average molecular weight is 309 g/mol. The highest BCUT2D eigenvalue weighted by Gasteiger charge is 2.36. The molecule has 2 fully saturated rings. The molecule has 6 heteroatoms. The van der Waals surface area contributed by atoms with Gasteiger partial charge in [0.2, 0.25) is 11.8 Å². The maximum absolute atomic E-state index is 12.4. The van der Waals surface area contributed by atoms with E-state index in [9.17, 15) is 9.59 Å². The van der Waals surface area contributed by atoms with Crippen LogP contribution in [0, 0.1) is 0 Å². The first-order valence-electron chi connectivity index (χ1n) is 7.05. The monoisotopic (exact) mass is 308 g/mol. The number of nitrogens with one attached hydrogen (secondary N) is 1. The fourth-order valence-electron chi connectivity index (χ4n) is 2.84. The zero-order valence-electron chi connectivity index (χ0n) is 11.5. The number of piperidine rings is 1. The van der Waals surface area contributed by atoms with E-state index in [0.29, 0.717) is 18.1 Å². The summed E-state index contributed by atoms with van der Waals surface area (Å²) in [5.41, 5.74) is 0.829. The number of ether oxygens (including phenoxy) is 1. The number of hydrogen-bond donors (Lipinski definition) is 1. The molecule has 0 saturated carbocycles. The van der Waals surface area contributed by atoms with Gasteiger partial charge in [-0.2, -0.15) is 0 Å². The van der Waals surface area contributed by atoms with Gasteiger partial charge in [-0.25, -0.2) is 0 Å². The van der Waals surface area contributed by atoms with Crippen LogP contribution < -0.4 is 5.32 Å². The summed E-state index contributed by atoms with van der Waals surface area (Å²) in [6, 6.07) is 7.26. The lowest BCUT2D eigenvalue weighted by Crippen LogP contribution is -2.61. The van der Waals surface area contributed by atoms with Crippen molar-refractivity contribution < 1.29 is 14.3 Å². The number of benzene rings is 1. The van der Waals surface area contributed by atoms with Crippen molar-refractivity contribution >= 4 is 23.4 Å². The van der Waals surface area contributed by atoms with Crippen LogP contribution in [0.4, 0.5) is 0 Å². The molecule has 2 saturated heterocycles. The maximum Gasteiger partial charge on any atom is 0.246 e. The number of fused-ring (bicyclic) bond motifs is 1. The van der Waals surface area contributed by atoms with E-state index in [-0.39, 0.29) is 37.0 Å². The average Bonchev–Trinajstić information content (AvgIpc) is 2.48. The van der Waals surface area contributed by atoms with Crippen LogP contribution in [0.25, 0.3) is 0 Å². The van der Waals surface area contributed by atoms with Crippen molar-refractivity contribution in [3.8, 4) is 0 Å². The summed E-state index contributed by atoms with van der Waals surface area (Å²) in [5.74, 6) is -0.0852. The summed E-state index contributed by atoms with van der Waals surface area (Å²) in [7, 11) is 0. The van der Waals surface area contributed by atoms with E-state index >= 15 is 0 Å². The Morgan fingerprint density at radius 2 is 2.24 bits per heavy atom. The Labute approximate surface area is 128 Å². The number of morpholine rings is 1. The van der Waals surface area contributed by atoms with Gasteiger partial charge in [0.1, 0.15) is 6.61 Å². The molecule has 5 nitrogen and oxygen atoms in total. The molecule has 21 heavy (non-hydrogen) atoms. The van der Waals surface area contributed by atoms with Crippen LogP contribution in [0.1, 0.15) is 12.0 Å². The minimum atomic E-state index is -0.114. The molecule has 2 aliphatic heterocycles. The number of hydrogen-bond acceptors (Lipinski definition) is 3. The zero-order valence-corrected chi connectivity index (χ0v) is 12.3. The number of amides is 2. The highest BCUT2D eigenvalue weighted by atomic mass is 35.5. The number of likely N-dealkylation sites (tertiary alicyclic amines) is 1. The smallest absolute Gasteiger partial charge is 0.246 e. The topological polar surface area (TPSA) is 58.6 Å². The Hall–Kier alpha value is -1.59. The van der Waals surface area contributed by atoms with Crippen LogP contribution in [0.15, 0.2) is 24.3 Å². The number of carbonyl (C=O) groups excluding carboxylic acids is 2. The first-order valence-corrected chi connectivity index (χ1v) is 7.43. The standard InChI is InChI=1S/C15H17ClN2O3/c16-11-4-2-1-3-10(11)7-15(20)18-6-5-13-12(8-18)17-14(19)9-21-13/h1-4,12-13H,5-9H2,(H,17,19)/t12-,13+/m1/s1. The fraction of sp³-hybridized carbons (Fsp3) is 0.467. The van der Waals surface area contributed by atoms with Crippen LogP contribution in [-0.2, 0) is 20.7 Å². The zero-order chi connectivity index (χ0) is 14.8.